The van der Waals surface area contributed by atoms with Crippen LogP contribution in [0, 0.1) is 11.3 Å². The van der Waals surface area contributed by atoms with Gasteiger partial charge in [0.2, 0.25) is 5.91 Å². The van der Waals surface area contributed by atoms with E-state index in [1.54, 1.807) is 6.07 Å². The molecule has 5 heteroatoms. The maximum Gasteiger partial charge on any atom is 0.307 e. The number of nitriles is 1. The molecule has 1 amide bonds. The van der Waals surface area contributed by atoms with Gasteiger partial charge in [-0.2, -0.15) is 5.26 Å². The van der Waals surface area contributed by atoms with Gasteiger partial charge in [-0.1, -0.05) is 0 Å². The minimum Gasteiger partial charge on any atom is -0.469 e. The highest BCUT2D eigenvalue weighted by molar-refractivity contribution is 5.78. The van der Waals surface area contributed by atoms with Gasteiger partial charge in [-0.3, -0.25) is 9.59 Å². The van der Waals surface area contributed by atoms with Crippen molar-refractivity contribution in [2.24, 2.45) is 0 Å². The van der Waals surface area contributed by atoms with Crippen LogP contribution < -0.4 is 5.32 Å². The van der Waals surface area contributed by atoms with Crippen molar-refractivity contribution in [2.45, 2.75) is 12.8 Å². The van der Waals surface area contributed by atoms with E-state index in [0.29, 0.717) is 0 Å². The third-order valence-corrected chi connectivity index (χ3v) is 1.12. The molecule has 0 aliphatic carbocycles. The van der Waals surface area contributed by atoms with E-state index in [0.717, 1.165) is 0 Å². The Morgan fingerprint density at radius 1 is 1.58 bits per heavy atom. The third-order valence-electron chi connectivity index (χ3n) is 1.12. The fourth-order valence-corrected chi connectivity index (χ4v) is 0.540. The molecule has 0 fully saturated rings. The minimum absolute atomic E-state index is 0.133. The Morgan fingerprint density at radius 3 is 2.75 bits per heavy atom. The Balaban J connectivity index is 3.38. The average molecular weight is 170 g/mol. The molecule has 0 bridgehead atoms. The summed E-state index contributed by atoms with van der Waals surface area (Å²) in [4.78, 5) is 21.1. The number of hydrogen-bond donors (Lipinski definition) is 1. The van der Waals surface area contributed by atoms with Crippen molar-refractivity contribution >= 4 is 11.9 Å². The SMILES string of the molecule is COC(=O)CCNC(=O)CC#N. The van der Waals surface area contributed by atoms with Crippen molar-refractivity contribution in [2.75, 3.05) is 13.7 Å². The lowest BCUT2D eigenvalue weighted by Gasteiger charge is -2.00. The normalized spacial score (nSPS) is 8.33. The molecule has 66 valence electrons. The van der Waals surface area contributed by atoms with Gasteiger partial charge in [-0.15, -0.1) is 0 Å². The number of nitrogens with zero attached hydrogens (tertiary/aromatic N) is 1. The number of amides is 1. The van der Waals surface area contributed by atoms with E-state index in [1.165, 1.54) is 7.11 Å². The van der Waals surface area contributed by atoms with E-state index in [9.17, 15) is 9.59 Å². The molecule has 0 spiro atoms. The second-order valence-corrected chi connectivity index (χ2v) is 2.01. The van der Waals surface area contributed by atoms with Crippen LogP contribution in [0.15, 0.2) is 0 Å². The lowest BCUT2D eigenvalue weighted by Crippen LogP contribution is -2.25. The van der Waals surface area contributed by atoms with Crippen molar-refractivity contribution in [1.82, 2.24) is 5.32 Å². The van der Waals surface area contributed by atoms with Crippen LogP contribution in [0.5, 0.6) is 0 Å². The van der Waals surface area contributed by atoms with Gasteiger partial charge in [0.15, 0.2) is 0 Å². The molecular weight excluding hydrogens is 160 g/mol. The molecule has 0 atom stereocenters. The zero-order valence-electron chi connectivity index (χ0n) is 6.79. The third kappa shape index (κ3) is 5.23. The van der Waals surface area contributed by atoms with Crippen LogP contribution in [0.4, 0.5) is 0 Å². The summed E-state index contributed by atoms with van der Waals surface area (Å²) >= 11 is 0. The largest absolute Gasteiger partial charge is 0.469 e. The minimum atomic E-state index is -0.382. The second kappa shape index (κ2) is 6.16. The van der Waals surface area contributed by atoms with Crippen LogP contribution >= 0.6 is 0 Å². The Bertz CT molecular complexity index is 207. The van der Waals surface area contributed by atoms with Crippen LogP contribution in [0.3, 0.4) is 0 Å². The van der Waals surface area contributed by atoms with Gasteiger partial charge in [0.1, 0.15) is 6.42 Å². The first kappa shape index (κ1) is 10.4. The van der Waals surface area contributed by atoms with Gasteiger partial charge in [-0.05, 0) is 0 Å². The van der Waals surface area contributed by atoms with Crippen LogP contribution in [-0.4, -0.2) is 25.5 Å². The fourth-order valence-electron chi connectivity index (χ4n) is 0.540. The van der Waals surface area contributed by atoms with Crippen molar-refractivity contribution in [3.63, 3.8) is 0 Å². The first-order valence-corrected chi connectivity index (χ1v) is 3.41. The van der Waals surface area contributed by atoms with E-state index in [2.05, 4.69) is 10.1 Å². The molecule has 0 aromatic heterocycles. The van der Waals surface area contributed by atoms with Crippen LogP contribution in [-0.2, 0) is 14.3 Å². The molecule has 0 heterocycles. The maximum absolute atomic E-state index is 10.6. The molecule has 0 saturated carbocycles. The quantitative estimate of drug-likeness (QED) is 0.581. The highest BCUT2D eigenvalue weighted by Gasteiger charge is 2.02. The average Bonchev–Trinajstić information content (AvgIpc) is 2.04. The molecule has 0 rings (SSSR count). The lowest BCUT2D eigenvalue weighted by molar-refractivity contribution is -0.140. The number of methoxy groups -OCH3 is 1. The van der Waals surface area contributed by atoms with E-state index in [-0.39, 0.29) is 31.3 Å². The van der Waals surface area contributed by atoms with E-state index in [1.807, 2.05) is 0 Å². The molecular formula is C7H10N2O3. The summed E-state index contributed by atoms with van der Waals surface area (Å²) in [6, 6.07) is 1.69. The molecule has 0 aromatic rings. The Kier molecular flexibility index (Phi) is 5.35. The number of esters is 1. The molecule has 1 N–H and O–H groups in total. The van der Waals surface area contributed by atoms with E-state index < -0.39 is 0 Å². The molecule has 0 aromatic carbocycles. The molecule has 0 saturated heterocycles. The number of carbonyl (C=O) groups excluding carboxylic acids is 2. The summed E-state index contributed by atoms with van der Waals surface area (Å²) in [7, 11) is 1.28. The zero-order chi connectivity index (χ0) is 9.40. The lowest BCUT2D eigenvalue weighted by atomic mass is 10.4. The van der Waals surface area contributed by atoms with Gasteiger partial charge >= 0.3 is 5.97 Å². The molecule has 0 aliphatic heterocycles. The fraction of sp³-hybridized carbons (Fsp3) is 0.571. The summed E-state index contributed by atoms with van der Waals surface area (Å²) < 4.78 is 4.34. The molecule has 0 aliphatic rings. The van der Waals surface area contributed by atoms with Crippen molar-refractivity contribution < 1.29 is 14.3 Å². The summed E-state index contributed by atoms with van der Waals surface area (Å²) in [5, 5.41) is 10.5. The Hall–Kier alpha value is -1.57. The molecule has 12 heavy (non-hydrogen) atoms. The summed E-state index contributed by atoms with van der Waals surface area (Å²) in [5.41, 5.74) is 0. The first-order chi connectivity index (χ1) is 5.70. The van der Waals surface area contributed by atoms with Gasteiger partial charge in [0, 0.05) is 6.54 Å². The van der Waals surface area contributed by atoms with Gasteiger partial charge in [-0.25, -0.2) is 0 Å². The van der Waals surface area contributed by atoms with Gasteiger partial charge < -0.3 is 10.1 Å². The van der Waals surface area contributed by atoms with Gasteiger partial charge in [0.05, 0.1) is 19.6 Å². The van der Waals surface area contributed by atoms with E-state index in [4.69, 9.17) is 5.26 Å². The number of nitrogens with one attached hydrogen (secondary N) is 1. The van der Waals surface area contributed by atoms with Crippen molar-refractivity contribution in [3.8, 4) is 6.07 Å². The van der Waals surface area contributed by atoms with Crippen LogP contribution in [0.1, 0.15) is 12.8 Å². The monoisotopic (exact) mass is 170 g/mol. The first-order valence-electron chi connectivity index (χ1n) is 3.41. The zero-order valence-corrected chi connectivity index (χ0v) is 6.79. The summed E-state index contributed by atoms with van der Waals surface area (Å²) in [6.07, 6.45) is -0.0468. The Labute approximate surface area is 70.3 Å². The number of hydrogen-bond acceptors (Lipinski definition) is 4. The van der Waals surface area contributed by atoms with Gasteiger partial charge in [0.25, 0.3) is 0 Å². The van der Waals surface area contributed by atoms with Crippen LogP contribution in [0.2, 0.25) is 0 Å². The van der Waals surface area contributed by atoms with Crippen molar-refractivity contribution in [1.29, 1.82) is 5.26 Å². The molecule has 5 nitrogen and oxygen atoms in total. The number of rotatable bonds is 4. The summed E-state index contributed by atoms with van der Waals surface area (Å²) in [5.74, 6) is -0.756. The number of carbonyl (C=O) groups is 2. The predicted molar refractivity (Wildman–Crippen MR) is 39.9 cm³/mol. The standard InChI is InChI=1S/C7H10N2O3/c1-12-7(11)3-5-9-6(10)2-4-8/h2-3,5H2,1H3,(H,9,10). The second-order valence-electron chi connectivity index (χ2n) is 2.01. The molecule has 0 radical (unpaired) electrons. The highest BCUT2D eigenvalue weighted by atomic mass is 16.5. The topological polar surface area (TPSA) is 79.2 Å². The Morgan fingerprint density at radius 2 is 2.25 bits per heavy atom. The number of ether oxygens (including phenoxy) is 1. The predicted octanol–water partition coefficient (Wildman–Crippen LogP) is -0.421. The molecule has 0 unspecified atom stereocenters. The van der Waals surface area contributed by atoms with Crippen molar-refractivity contribution in [3.05, 3.63) is 0 Å². The smallest absolute Gasteiger partial charge is 0.307 e. The maximum atomic E-state index is 10.6. The van der Waals surface area contributed by atoms with Crippen LogP contribution in [0.25, 0.3) is 0 Å². The summed E-state index contributed by atoms with van der Waals surface area (Å²) in [6.45, 7) is 0.215. The highest BCUT2D eigenvalue weighted by Crippen LogP contribution is 1.82. The van der Waals surface area contributed by atoms with E-state index >= 15 is 0 Å².